The standard InChI is InChI=1S/C21H25ClN2O2/c1-15(2)17-7-5-16(6-8-17)12-21(25)24-11-3-4-18(14-24)26-20-9-10-23-13-19(20)22/h5-10,13,15,18H,3-4,11-12,14H2,1-2H3. The van der Waals surface area contributed by atoms with Gasteiger partial charge in [0.2, 0.25) is 5.91 Å². The molecule has 2 heterocycles. The first kappa shape index (κ1) is 18.7. The molecule has 0 N–H and O–H groups in total. The van der Waals surface area contributed by atoms with Crippen molar-refractivity contribution in [2.75, 3.05) is 13.1 Å². The number of likely N-dealkylation sites (tertiary alicyclic amines) is 1. The molecule has 0 spiro atoms. The minimum atomic E-state index is -0.0316. The van der Waals surface area contributed by atoms with Crippen LogP contribution in [0.1, 0.15) is 43.7 Å². The monoisotopic (exact) mass is 372 g/mol. The molecule has 1 aliphatic rings. The molecule has 1 unspecified atom stereocenters. The lowest BCUT2D eigenvalue weighted by Crippen LogP contribution is -2.45. The summed E-state index contributed by atoms with van der Waals surface area (Å²) in [5.41, 5.74) is 2.35. The van der Waals surface area contributed by atoms with Crippen LogP contribution in [0.5, 0.6) is 5.75 Å². The first-order chi connectivity index (χ1) is 12.5. The molecule has 1 aromatic carbocycles. The number of halogens is 1. The number of aromatic nitrogens is 1. The van der Waals surface area contributed by atoms with Crippen LogP contribution in [0.15, 0.2) is 42.7 Å². The van der Waals surface area contributed by atoms with Gasteiger partial charge in [-0.05, 0) is 29.9 Å². The van der Waals surface area contributed by atoms with Gasteiger partial charge in [-0.1, -0.05) is 49.7 Å². The minimum absolute atomic E-state index is 0.0316. The molecule has 1 fully saturated rings. The predicted octanol–water partition coefficient (Wildman–Crippen LogP) is 4.47. The Balaban J connectivity index is 1.58. The molecule has 2 aromatic rings. The summed E-state index contributed by atoms with van der Waals surface area (Å²) >= 11 is 6.12. The first-order valence-electron chi connectivity index (χ1n) is 9.15. The van der Waals surface area contributed by atoms with Crippen molar-refractivity contribution in [1.82, 2.24) is 9.88 Å². The van der Waals surface area contributed by atoms with Crippen LogP contribution in [0.25, 0.3) is 0 Å². The molecule has 1 aliphatic heterocycles. The van der Waals surface area contributed by atoms with Crippen LogP contribution < -0.4 is 4.74 Å². The molecular formula is C21H25ClN2O2. The van der Waals surface area contributed by atoms with E-state index in [1.807, 2.05) is 4.90 Å². The lowest BCUT2D eigenvalue weighted by molar-refractivity contribution is -0.133. The van der Waals surface area contributed by atoms with E-state index >= 15 is 0 Å². The average molecular weight is 373 g/mol. The van der Waals surface area contributed by atoms with Crippen molar-refractivity contribution >= 4 is 17.5 Å². The Hall–Kier alpha value is -2.07. The molecule has 26 heavy (non-hydrogen) atoms. The van der Waals surface area contributed by atoms with Crippen molar-refractivity contribution in [2.24, 2.45) is 0 Å². The number of ether oxygens (including phenoxy) is 1. The Bertz CT molecular complexity index is 746. The van der Waals surface area contributed by atoms with E-state index in [9.17, 15) is 4.79 Å². The Morgan fingerprint density at radius 2 is 2.08 bits per heavy atom. The molecule has 0 radical (unpaired) electrons. The zero-order chi connectivity index (χ0) is 18.5. The van der Waals surface area contributed by atoms with Crippen LogP contribution in [0, 0.1) is 0 Å². The van der Waals surface area contributed by atoms with E-state index in [4.69, 9.17) is 16.3 Å². The highest BCUT2D eigenvalue weighted by Crippen LogP contribution is 2.26. The average Bonchev–Trinajstić information content (AvgIpc) is 2.64. The number of carbonyl (C=O) groups is 1. The zero-order valence-electron chi connectivity index (χ0n) is 15.3. The first-order valence-corrected chi connectivity index (χ1v) is 9.53. The van der Waals surface area contributed by atoms with Gasteiger partial charge in [-0.15, -0.1) is 0 Å². The maximum Gasteiger partial charge on any atom is 0.227 e. The third-order valence-electron chi connectivity index (χ3n) is 4.76. The maximum absolute atomic E-state index is 12.7. The van der Waals surface area contributed by atoms with Gasteiger partial charge in [0.05, 0.1) is 13.0 Å². The van der Waals surface area contributed by atoms with E-state index in [-0.39, 0.29) is 12.0 Å². The van der Waals surface area contributed by atoms with Gasteiger partial charge in [0.25, 0.3) is 0 Å². The Morgan fingerprint density at radius 1 is 1.31 bits per heavy atom. The second kappa shape index (κ2) is 8.54. The fourth-order valence-corrected chi connectivity index (χ4v) is 3.37. The summed E-state index contributed by atoms with van der Waals surface area (Å²) in [6, 6.07) is 10.1. The van der Waals surface area contributed by atoms with Gasteiger partial charge >= 0.3 is 0 Å². The lowest BCUT2D eigenvalue weighted by atomic mass is 10.0. The number of benzene rings is 1. The van der Waals surface area contributed by atoms with E-state index in [0.717, 1.165) is 24.9 Å². The highest BCUT2D eigenvalue weighted by atomic mass is 35.5. The molecule has 0 saturated carbocycles. The topological polar surface area (TPSA) is 42.4 Å². The van der Waals surface area contributed by atoms with Crippen molar-refractivity contribution in [3.8, 4) is 5.75 Å². The summed E-state index contributed by atoms with van der Waals surface area (Å²) in [5.74, 6) is 1.28. The molecule has 138 valence electrons. The molecule has 0 aliphatic carbocycles. The Kier molecular flexibility index (Phi) is 6.15. The Labute approximate surface area is 160 Å². The summed E-state index contributed by atoms with van der Waals surface area (Å²) < 4.78 is 5.99. The predicted molar refractivity (Wildman–Crippen MR) is 104 cm³/mol. The number of pyridine rings is 1. The van der Waals surface area contributed by atoms with Gasteiger partial charge < -0.3 is 9.64 Å². The molecule has 0 bridgehead atoms. The molecule has 5 heteroatoms. The summed E-state index contributed by atoms with van der Waals surface area (Å²) in [6.45, 7) is 5.72. The van der Waals surface area contributed by atoms with Gasteiger partial charge in [-0.2, -0.15) is 0 Å². The summed E-state index contributed by atoms with van der Waals surface area (Å²) in [7, 11) is 0. The van der Waals surface area contributed by atoms with Crippen LogP contribution in [0.3, 0.4) is 0 Å². The largest absolute Gasteiger partial charge is 0.487 e. The van der Waals surface area contributed by atoms with E-state index < -0.39 is 0 Å². The molecular weight excluding hydrogens is 348 g/mol. The van der Waals surface area contributed by atoms with Gasteiger partial charge in [-0.25, -0.2) is 0 Å². The fourth-order valence-electron chi connectivity index (χ4n) is 3.21. The van der Waals surface area contributed by atoms with Gasteiger partial charge in [-0.3, -0.25) is 9.78 Å². The zero-order valence-corrected chi connectivity index (χ0v) is 16.1. The van der Waals surface area contributed by atoms with Gasteiger partial charge in [0.1, 0.15) is 16.9 Å². The maximum atomic E-state index is 12.7. The number of hydrogen-bond acceptors (Lipinski definition) is 3. The number of carbonyl (C=O) groups excluding carboxylic acids is 1. The smallest absolute Gasteiger partial charge is 0.227 e. The van der Waals surface area contributed by atoms with Crippen molar-refractivity contribution in [3.63, 3.8) is 0 Å². The van der Waals surface area contributed by atoms with Gasteiger partial charge in [0.15, 0.2) is 0 Å². The third kappa shape index (κ3) is 4.76. The van der Waals surface area contributed by atoms with Gasteiger partial charge in [0, 0.05) is 25.0 Å². The summed E-state index contributed by atoms with van der Waals surface area (Å²) in [4.78, 5) is 18.6. The summed E-state index contributed by atoms with van der Waals surface area (Å²) in [6.07, 6.45) is 5.49. The van der Waals surface area contributed by atoms with Crippen LogP contribution in [-0.2, 0) is 11.2 Å². The van der Waals surface area contributed by atoms with Crippen molar-refractivity contribution in [3.05, 3.63) is 58.9 Å². The summed E-state index contributed by atoms with van der Waals surface area (Å²) in [5, 5.41) is 0.501. The Morgan fingerprint density at radius 3 is 2.77 bits per heavy atom. The third-order valence-corrected chi connectivity index (χ3v) is 5.05. The number of piperidine rings is 1. The molecule has 1 aromatic heterocycles. The van der Waals surface area contributed by atoms with Crippen LogP contribution in [0.4, 0.5) is 0 Å². The van der Waals surface area contributed by atoms with E-state index in [1.54, 1.807) is 18.5 Å². The van der Waals surface area contributed by atoms with Crippen LogP contribution in [-0.4, -0.2) is 35.0 Å². The molecule has 3 rings (SSSR count). The van der Waals surface area contributed by atoms with Crippen molar-refractivity contribution in [2.45, 2.75) is 45.1 Å². The van der Waals surface area contributed by atoms with Crippen molar-refractivity contribution < 1.29 is 9.53 Å². The number of nitrogens with zero attached hydrogens (tertiary/aromatic N) is 2. The van der Waals surface area contributed by atoms with E-state index in [1.165, 1.54) is 5.56 Å². The fraction of sp³-hybridized carbons (Fsp3) is 0.429. The molecule has 1 atom stereocenters. The number of rotatable bonds is 5. The van der Waals surface area contributed by atoms with Crippen LogP contribution >= 0.6 is 11.6 Å². The minimum Gasteiger partial charge on any atom is -0.487 e. The van der Waals surface area contributed by atoms with Crippen molar-refractivity contribution in [1.29, 1.82) is 0 Å². The highest BCUT2D eigenvalue weighted by molar-refractivity contribution is 6.31. The highest BCUT2D eigenvalue weighted by Gasteiger charge is 2.25. The molecule has 4 nitrogen and oxygen atoms in total. The van der Waals surface area contributed by atoms with Crippen LogP contribution in [0.2, 0.25) is 5.02 Å². The lowest BCUT2D eigenvalue weighted by Gasteiger charge is -2.33. The number of hydrogen-bond donors (Lipinski definition) is 0. The second-order valence-corrected chi connectivity index (χ2v) is 7.51. The quantitative estimate of drug-likeness (QED) is 0.777. The second-order valence-electron chi connectivity index (χ2n) is 7.10. The molecule has 1 saturated heterocycles. The normalized spacial score (nSPS) is 17.4. The molecule has 1 amide bonds. The number of amides is 1. The van der Waals surface area contributed by atoms with E-state index in [2.05, 4.69) is 43.1 Å². The SMILES string of the molecule is CC(C)c1ccc(CC(=O)N2CCCC(Oc3ccncc3Cl)C2)cc1. The van der Waals surface area contributed by atoms with E-state index in [0.29, 0.717) is 29.7 Å².